The number of sulfonamides is 1. The van der Waals surface area contributed by atoms with E-state index in [-0.39, 0.29) is 11.1 Å². The van der Waals surface area contributed by atoms with E-state index in [1.165, 1.54) is 38.2 Å². The van der Waals surface area contributed by atoms with Gasteiger partial charge in [-0.25, -0.2) is 13.1 Å². The lowest BCUT2D eigenvalue weighted by atomic mass is 9.92. The SMILES string of the molecule is O=S(=O)(NC1CCN(C2CCCCC2)CC1)c1ccc(Br)o1. The molecule has 7 heteroatoms. The first-order valence-electron chi connectivity index (χ1n) is 8.06. The second-order valence-electron chi connectivity index (χ2n) is 6.28. The molecule has 2 heterocycles. The van der Waals surface area contributed by atoms with Crippen molar-refractivity contribution in [1.29, 1.82) is 0 Å². The Kier molecular flexibility index (Phi) is 5.27. The highest BCUT2D eigenvalue weighted by molar-refractivity contribution is 9.10. The largest absolute Gasteiger partial charge is 0.437 e. The lowest BCUT2D eigenvalue weighted by Crippen LogP contribution is -2.48. The average Bonchev–Trinajstić information content (AvgIpc) is 2.96. The van der Waals surface area contributed by atoms with Crippen molar-refractivity contribution in [3.8, 4) is 0 Å². The summed E-state index contributed by atoms with van der Waals surface area (Å²) in [6, 6.07) is 3.80. The van der Waals surface area contributed by atoms with Crippen molar-refractivity contribution in [3.63, 3.8) is 0 Å². The van der Waals surface area contributed by atoms with Crippen molar-refractivity contribution in [2.45, 2.75) is 62.1 Å². The zero-order valence-corrected chi connectivity index (χ0v) is 15.0. The molecule has 1 aliphatic carbocycles. The van der Waals surface area contributed by atoms with Gasteiger partial charge in [0.1, 0.15) is 0 Å². The van der Waals surface area contributed by atoms with Gasteiger partial charge < -0.3 is 9.32 Å². The van der Waals surface area contributed by atoms with Gasteiger partial charge in [0.25, 0.3) is 10.0 Å². The first kappa shape index (κ1) is 16.5. The maximum absolute atomic E-state index is 12.3. The molecule has 1 saturated carbocycles. The Labute approximate surface area is 140 Å². The monoisotopic (exact) mass is 390 g/mol. The molecule has 0 atom stereocenters. The van der Waals surface area contributed by atoms with Gasteiger partial charge in [0.2, 0.25) is 5.09 Å². The summed E-state index contributed by atoms with van der Waals surface area (Å²) in [5.74, 6) is 0. The molecule has 22 heavy (non-hydrogen) atoms. The molecule has 1 aliphatic heterocycles. The summed E-state index contributed by atoms with van der Waals surface area (Å²) in [5, 5.41) is -0.0194. The third-order valence-electron chi connectivity index (χ3n) is 4.76. The number of nitrogens with one attached hydrogen (secondary N) is 1. The number of hydrogen-bond donors (Lipinski definition) is 1. The van der Waals surface area contributed by atoms with E-state index < -0.39 is 10.0 Å². The smallest absolute Gasteiger partial charge is 0.274 e. The van der Waals surface area contributed by atoms with Crippen LogP contribution in [0.5, 0.6) is 0 Å². The average molecular weight is 391 g/mol. The zero-order valence-electron chi connectivity index (χ0n) is 12.6. The fraction of sp³-hybridized carbons (Fsp3) is 0.733. The zero-order chi connectivity index (χ0) is 15.6. The molecule has 0 unspecified atom stereocenters. The molecule has 1 N–H and O–H groups in total. The third kappa shape index (κ3) is 3.93. The second-order valence-corrected chi connectivity index (χ2v) is 8.71. The summed E-state index contributed by atoms with van der Waals surface area (Å²) >= 11 is 3.14. The highest BCUT2D eigenvalue weighted by Gasteiger charge is 2.29. The van der Waals surface area contributed by atoms with E-state index in [4.69, 9.17) is 4.42 Å². The van der Waals surface area contributed by atoms with Gasteiger partial charge in [-0.2, -0.15) is 0 Å². The van der Waals surface area contributed by atoms with Crippen LogP contribution in [0.4, 0.5) is 0 Å². The molecule has 2 aliphatic rings. The Bertz CT molecular complexity index is 588. The van der Waals surface area contributed by atoms with Gasteiger partial charge in [0.15, 0.2) is 4.67 Å². The standard InChI is InChI=1S/C15H23BrN2O3S/c16-14-6-7-15(21-14)22(19,20)17-12-8-10-18(11-9-12)13-4-2-1-3-5-13/h6-7,12-13,17H,1-5,8-11H2. The molecule has 0 radical (unpaired) electrons. The van der Waals surface area contributed by atoms with Crippen LogP contribution in [-0.4, -0.2) is 38.5 Å². The first-order valence-corrected chi connectivity index (χ1v) is 10.3. The van der Waals surface area contributed by atoms with Crippen LogP contribution in [0, 0.1) is 0 Å². The number of nitrogens with zero attached hydrogens (tertiary/aromatic N) is 1. The van der Waals surface area contributed by atoms with Crippen molar-refractivity contribution in [1.82, 2.24) is 9.62 Å². The fourth-order valence-corrected chi connectivity index (χ4v) is 5.20. The van der Waals surface area contributed by atoms with E-state index in [0.29, 0.717) is 10.7 Å². The van der Waals surface area contributed by atoms with E-state index in [0.717, 1.165) is 25.9 Å². The van der Waals surface area contributed by atoms with E-state index in [9.17, 15) is 8.42 Å². The number of rotatable bonds is 4. The van der Waals surface area contributed by atoms with E-state index in [1.54, 1.807) is 6.07 Å². The minimum atomic E-state index is -3.55. The van der Waals surface area contributed by atoms with Crippen LogP contribution in [0.3, 0.4) is 0 Å². The number of halogens is 1. The van der Waals surface area contributed by atoms with Crippen molar-refractivity contribution in [2.75, 3.05) is 13.1 Å². The minimum absolute atomic E-state index is 0.00807. The molecular weight excluding hydrogens is 368 g/mol. The molecule has 1 aromatic heterocycles. The molecule has 0 amide bonds. The minimum Gasteiger partial charge on any atom is -0.437 e. The van der Waals surface area contributed by atoms with Gasteiger partial charge in [-0.05, 0) is 66.8 Å². The van der Waals surface area contributed by atoms with Crippen LogP contribution < -0.4 is 4.72 Å². The van der Waals surface area contributed by atoms with Crippen LogP contribution in [0.2, 0.25) is 0 Å². The molecule has 5 nitrogen and oxygen atoms in total. The van der Waals surface area contributed by atoms with Gasteiger partial charge >= 0.3 is 0 Å². The van der Waals surface area contributed by atoms with Crippen molar-refractivity contribution < 1.29 is 12.8 Å². The summed E-state index contributed by atoms with van der Waals surface area (Å²) in [5.41, 5.74) is 0. The van der Waals surface area contributed by atoms with Gasteiger partial charge in [-0.15, -0.1) is 0 Å². The predicted molar refractivity (Wildman–Crippen MR) is 88.2 cm³/mol. The molecule has 124 valence electrons. The molecular formula is C15H23BrN2O3S. The highest BCUT2D eigenvalue weighted by atomic mass is 79.9. The molecule has 0 bridgehead atoms. The summed E-state index contributed by atoms with van der Waals surface area (Å²) < 4.78 is 32.9. The van der Waals surface area contributed by atoms with Crippen molar-refractivity contribution in [3.05, 3.63) is 16.8 Å². The van der Waals surface area contributed by atoms with E-state index in [2.05, 4.69) is 25.6 Å². The Morgan fingerprint density at radius 3 is 2.36 bits per heavy atom. The predicted octanol–water partition coefficient (Wildman–Crippen LogP) is 3.12. The maximum Gasteiger partial charge on any atom is 0.274 e. The fourth-order valence-electron chi connectivity index (χ4n) is 3.55. The topological polar surface area (TPSA) is 62.6 Å². The highest BCUT2D eigenvalue weighted by Crippen LogP contribution is 2.26. The van der Waals surface area contributed by atoms with Crippen LogP contribution in [0.1, 0.15) is 44.9 Å². The Morgan fingerprint density at radius 2 is 1.77 bits per heavy atom. The van der Waals surface area contributed by atoms with E-state index in [1.807, 2.05) is 0 Å². The van der Waals surface area contributed by atoms with Gasteiger partial charge in [-0.3, -0.25) is 0 Å². The second kappa shape index (κ2) is 7.03. The van der Waals surface area contributed by atoms with Crippen LogP contribution >= 0.6 is 15.9 Å². The molecule has 0 spiro atoms. The summed E-state index contributed by atoms with van der Waals surface area (Å²) in [6.07, 6.45) is 8.39. The number of piperidine rings is 1. The lowest BCUT2D eigenvalue weighted by molar-refractivity contribution is 0.120. The number of furan rings is 1. The van der Waals surface area contributed by atoms with Crippen molar-refractivity contribution >= 4 is 26.0 Å². The van der Waals surface area contributed by atoms with Gasteiger partial charge in [0, 0.05) is 12.1 Å². The molecule has 1 saturated heterocycles. The summed E-state index contributed by atoms with van der Waals surface area (Å²) in [4.78, 5) is 2.55. The molecule has 1 aromatic rings. The summed E-state index contributed by atoms with van der Waals surface area (Å²) in [6.45, 7) is 1.97. The van der Waals surface area contributed by atoms with Crippen LogP contribution in [-0.2, 0) is 10.0 Å². The lowest BCUT2D eigenvalue weighted by Gasteiger charge is -2.39. The quantitative estimate of drug-likeness (QED) is 0.857. The van der Waals surface area contributed by atoms with Crippen LogP contribution in [0.15, 0.2) is 26.3 Å². The third-order valence-corrected chi connectivity index (χ3v) is 6.57. The first-order chi connectivity index (χ1) is 10.5. The molecule has 3 rings (SSSR count). The Morgan fingerprint density at radius 1 is 1.09 bits per heavy atom. The van der Waals surface area contributed by atoms with Gasteiger partial charge in [-0.1, -0.05) is 19.3 Å². The Balaban J connectivity index is 1.53. The van der Waals surface area contributed by atoms with E-state index >= 15 is 0 Å². The van der Waals surface area contributed by atoms with Gasteiger partial charge in [0.05, 0.1) is 0 Å². The molecule has 0 aromatic carbocycles. The Hall–Kier alpha value is -0.370. The van der Waals surface area contributed by atoms with Crippen molar-refractivity contribution in [2.24, 2.45) is 0 Å². The summed E-state index contributed by atoms with van der Waals surface area (Å²) in [7, 11) is -3.55. The normalized spacial score (nSPS) is 23.0. The number of likely N-dealkylation sites (tertiary alicyclic amines) is 1. The van der Waals surface area contributed by atoms with Crippen LogP contribution in [0.25, 0.3) is 0 Å². The number of hydrogen-bond acceptors (Lipinski definition) is 4. The molecule has 2 fully saturated rings. The maximum atomic E-state index is 12.3.